The van der Waals surface area contributed by atoms with Crippen molar-refractivity contribution in [3.8, 4) is 0 Å². The van der Waals surface area contributed by atoms with Crippen molar-refractivity contribution in [3.05, 3.63) is 42.0 Å². The van der Waals surface area contributed by atoms with E-state index in [1.807, 2.05) is 0 Å². The lowest BCUT2D eigenvalue weighted by Gasteiger charge is -2.05. The molecule has 0 saturated heterocycles. The van der Waals surface area contributed by atoms with Crippen LogP contribution < -0.4 is 0 Å². The van der Waals surface area contributed by atoms with Gasteiger partial charge in [-0.2, -0.15) is 8.42 Å². The molecule has 1 aromatic carbocycles. The summed E-state index contributed by atoms with van der Waals surface area (Å²) < 4.78 is 31.1. The van der Waals surface area contributed by atoms with Crippen LogP contribution in [-0.2, 0) is 10.1 Å². The second kappa shape index (κ2) is 5.30. The second-order valence-electron chi connectivity index (χ2n) is 3.52. The number of aromatic carboxylic acids is 1. The van der Waals surface area contributed by atoms with Gasteiger partial charge in [-0.1, -0.05) is 0 Å². The molecule has 0 aliphatic heterocycles. The Labute approximate surface area is 118 Å². The summed E-state index contributed by atoms with van der Waals surface area (Å²) in [5.74, 6) is -2.28. The minimum absolute atomic E-state index is 0.0977. The number of hydrogen-bond donors (Lipinski definition) is 2. The largest absolute Gasteiger partial charge is 0.477 e. The summed E-state index contributed by atoms with van der Waals surface area (Å²) in [6.45, 7) is 0. The average molecular weight is 337 g/mol. The SMILES string of the molecule is O=C(O)c1c([N+](=O)[O-])cc([N+](=O)[O-])c(S(=O)(=O)O)c1[N+](=O)[O-]. The van der Waals surface area contributed by atoms with E-state index in [9.17, 15) is 43.6 Å². The number of hydrogen-bond acceptors (Lipinski definition) is 9. The van der Waals surface area contributed by atoms with Crippen LogP contribution in [0.5, 0.6) is 0 Å². The first-order chi connectivity index (χ1) is 9.89. The Morgan fingerprint density at radius 1 is 1.00 bits per heavy atom. The first-order valence-corrected chi connectivity index (χ1v) is 6.18. The zero-order valence-corrected chi connectivity index (χ0v) is 10.7. The van der Waals surface area contributed by atoms with Crippen LogP contribution in [-0.4, -0.2) is 38.8 Å². The number of nitro groups is 3. The molecule has 14 nitrogen and oxygen atoms in total. The number of carboxylic acids is 1. The van der Waals surface area contributed by atoms with E-state index in [1.165, 1.54) is 0 Å². The van der Waals surface area contributed by atoms with Crippen molar-refractivity contribution in [2.24, 2.45) is 0 Å². The van der Waals surface area contributed by atoms with Gasteiger partial charge in [-0.05, 0) is 0 Å². The molecule has 0 aliphatic carbocycles. The molecule has 2 N–H and O–H groups in total. The summed E-state index contributed by atoms with van der Waals surface area (Å²) in [6, 6.07) is -0.0977. The molecule has 0 amide bonds. The molecule has 0 aliphatic rings. The average Bonchev–Trinajstić information content (AvgIpc) is 2.34. The van der Waals surface area contributed by atoms with Gasteiger partial charge in [-0.25, -0.2) is 4.79 Å². The van der Waals surface area contributed by atoms with Crippen LogP contribution in [0.4, 0.5) is 17.1 Å². The predicted molar refractivity (Wildman–Crippen MR) is 63.2 cm³/mol. The Kier molecular flexibility index (Phi) is 4.06. The molecular weight excluding hydrogens is 334 g/mol. The van der Waals surface area contributed by atoms with Crippen molar-refractivity contribution in [1.82, 2.24) is 0 Å². The maximum absolute atomic E-state index is 11.1. The molecular formula is C7H3N3O11S. The number of rotatable bonds is 5. The molecule has 118 valence electrons. The standard InChI is InChI=1S/C7H3N3O11S/c11-7(12)4-2(8(13)14)1-3(9(15)16)6(22(19,20)21)5(4)10(17)18/h1H,(H,11,12)(H,19,20,21). The first kappa shape index (κ1) is 16.9. The maximum Gasteiger partial charge on any atom is 0.349 e. The monoisotopic (exact) mass is 337 g/mol. The van der Waals surface area contributed by atoms with Crippen molar-refractivity contribution in [2.75, 3.05) is 0 Å². The van der Waals surface area contributed by atoms with Crippen molar-refractivity contribution in [3.63, 3.8) is 0 Å². The maximum atomic E-state index is 11.1. The Morgan fingerprint density at radius 3 is 1.73 bits per heavy atom. The number of benzene rings is 1. The lowest BCUT2D eigenvalue weighted by molar-refractivity contribution is -0.407. The molecule has 0 heterocycles. The summed E-state index contributed by atoms with van der Waals surface area (Å²) in [6.07, 6.45) is 0. The topological polar surface area (TPSA) is 221 Å². The molecule has 15 heteroatoms. The highest BCUT2D eigenvalue weighted by molar-refractivity contribution is 7.86. The molecule has 0 spiro atoms. The van der Waals surface area contributed by atoms with E-state index in [2.05, 4.69) is 0 Å². The molecule has 0 saturated carbocycles. The van der Waals surface area contributed by atoms with Crippen LogP contribution in [0.2, 0.25) is 0 Å². The molecule has 0 aromatic heterocycles. The number of nitrogens with zero attached hydrogens (tertiary/aromatic N) is 3. The third kappa shape index (κ3) is 2.79. The van der Waals surface area contributed by atoms with Crippen LogP contribution in [0.25, 0.3) is 0 Å². The fourth-order valence-electron chi connectivity index (χ4n) is 1.54. The normalized spacial score (nSPS) is 11.0. The van der Waals surface area contributed by atoms with Crippen molar-refractivity contribution < 1.29 is 37.6 Å². The summed E-state index contributed by atoms with van der Waals surface area (Å²) in [5, 5.41) is 41.1. The van der Waals surface area contributed by atoms with Gasteiger partial charge >= 0.3 is 27.5 Å². The summed E-state index contributed by atoms with van der Waals surface area (Å²) >= 11 is 0. The van der Waals surface area contributed by atoms with E-state index in [-0.39, 0.29) is 6.07 Å². The molecule has 0 fully saturated rings. The Morgan fingerprint density at radius 2 is 1.45 bits per heavy atom. The van der Waals surface area contributed by atoms with Gasteiger partial charge in [0.25, 0.3) is 5.69 Å². The quantitative estimate of drug-likeness (QED) is 0.423. The van der Waals surface area contributed by atoms with Crippen molar-refractivity contribution >= 4 is 33.1 Å². The fourth-order valence-corrected chi connectivity index (χ4v) is 2.36. The molecule has 1 aromatic rings. The highest BCUT2D eigenvalue weighted by Gasteiger charge is 2.45. The molecule has 0 bridgehead atoms. The van der Waals surface area contributed by atoms with E-state index >= 15 is 0 Å². The number of carbonyl (C=O) groups is 1. The van der Waals surface area contributed by atoms with Crippen LogP contribution in [0.1, 0.15) is 10.4 Å². The zero-order chi connectivity index (χ0) is 17.4. The van der Waals surface area contributed by atoms with Gasteiger partial charge in [0.2, 0.25) is 10.5 Å². The van der Waals surface area contributed by atoms with Gasteiger partial charge in [0.15, 0.2) is 0 Å². The van der Waals surface area contributed by atoms with Gasteiger partial charge in [0.05, 0.1) is 20.8 Å². The smallest absolute Gasteiger partial charge is 0.349 e. The van der Waals surface area contributed by atoms with E-state index in [0.29, 0.717) is 0 Å². The Balaban J connectivity index is 4.28. The summed E-state index contributed by atoms with van der Waals surface area (Å²) in [7, 11) is -5.62. The fraction of sp³-hybridized carbons (Fsp3) is 0. The second-order valence-corrected chi connectivity index (χ2v) is 4.88. The van der Waals surface area contributed by atoms with Gasteiger partial charge < -0.3 is 5.11 Å². The molecule has 0 radical (unpaired) electrons. The highest BCUT2D eigenvalue weighted by Crippen LogP contribution is 2.41. The third-order valence-corrected chi connectivity index (χ3v) is 3.18. The minimum atomic E-state index is -5.62. The van der Waals surface area contributed by atoms with Crippen molar-refractivity contribution in [1.29, 1.82) is 0 Å². The minimum Gasteiger partial charge on any atom is -0.477 e. The van der Waals surface area contributed by atoms with Crippen LogP contribution in [0.3, 0.4) is 0 Å². The first-order valence-electron chi connectivity index (χ1n) is 4.74. The van der Waals surface area contributed by atoms with Crippen LogP contribution in [0.15, 0.2) is 11.0 Å². The summed E-state index contributed by atoms with van der Waals surface area (Å²) in [5.41, 5.74) is -6.96. The number of nitro benzene ring substituents is 3. The van der Waals surface area contributed by atoms with E-state index in [4.69, 9.17) is 9.66 Å². The molecule has 22 heavy (non-hydrogen) atoms. The third-order valence-electron chi connectivity index (χ3n) is 2.26. The molecule has 0 unspecified atom stereocenters. The Bertz CT molecular complexity index is 827. The van der Waals surface area contributed by atoms with Gasteiger partial charge in [0, 0.05) is 0 Å². The molecule has 0 atom stereocenters. The van der Waals surface area contributed by atoms with E-state index in [1.54, 1.807) is 0 Å². The van der Waals surface area contributed by atoms with E-state index < -0.39 is 58.4 Å². The zero-order valence-electron chi connectivity index (χ0n) is 9.90. The van der Waals surface area contributed by atoms with Gasteiger partial charge in [-0.15, -0.1) is 0 Å². The lowest BCUT2D eigenvalue weighted by Crippen LogP contribution is -2.14. The molecule has 1 rings (SSSR count). The van der Waals surface area contributed by atoms with Crippen LogP contribution in [0, 0.1) is 30.3 Å². The van der Waals surface area contributed by atoms with Gasteiger partial charge in [-0.3, -0.25) is 34.9 Å². The predicted octanol–water partition coefficient (Wildman–Crippen LogP) is 0.356. The highest BCUT2D eigenvalue weighted by atomic mass is 32.2. The lowest BCUT2D eigenvalue weighted by atomic mass is 10.1. The van der Waals surface area contributed by atoms with Crippen LogP contribution >= 0.6 is 0 Å². The van der Waals surface area contributed by atoms with Gasteiger partial charge in [0.1, 0.15) is 0 Å². The Hall–Kier alpha value is -3.20. The number of carboxylic acid groups (broad SMARTS) is 1. The van der Waals surface area contributed by atoms with E-state index in [0.717, 1.165) is 0 Å². The van der Waals surface area contributed by atoms with Crippen molar-refractivity contribution in [2.45, 2.75) is 4.90 Å². The summed E-state index contributed by atoms with van der Waals surface area (Å²) in [4.78, 5) is 36.6.